The number of hydrogen-bond donors (Lipinski definition) is 0. The maximum Gasteiger partial charge on any atom is 0.178 e. The molecule has 0 unspecified atom stereocenters. The van der Waals surface area contributed by atoms with Gasteiger partial charge in [-0.15, -0.1) is 0 Å². The zero-order valence-electron chi connectivity index (χ0n) is 11.9. The van der Waals surface area contributed by atoms with Gasteiger partial charge in [-0.25, -0.2) is 8.42 Å². The molecular weight excluding hydrogens is 244 g/mol. The molecule has 2 nitrogen and oxygen atoms in total. The molecular formula is C15H24O2S. The molecule has 0 aliphatic rings. The van der Waals surface area contributed by atoms with Gasteiger partial charge in [-0.2, -0.15) is 0 Å². The van der Waals surface area contributed by atoms with Crippen molar-refractivity contribution in [3.8, 4) is 0 Å². The van der Waals surface area contributed by atoms with E-state index >= 15 is 0 Å². The van der Waals surface area contributed by atoms with Crippen LogP contribution in [0.3, 0.4) is 0 Å². The highest BCUT2D eigenvalue weighted by Crippen LogP contribution is 2.22. The highest BCUT2D eigenvalue weighted by Gasteiger charge is 2.15. The number of unbranched alkanes of at least 4 members (excludes halogenated alkanes) is 1. The SMILES string of the molecule is CCCCS(=O)(=O)c1ccc(CC(C)(C)C)cc1. The summed E-state index contributed by atoms with van der Waals surface area (Å²) in [6, 6.07) is 7.35. The summed E-state index contributed by atoms with van der Waals surface area (Å²) in [6.07, 6.45) is 2.59. The fourth-order valence-corrected chi connectivity index (χ4v) is 3.33. The predicted molar refractivity (Wildman–Crippen MR) is 76.6 cm³/mol. The smallest absolute Gasteiger partial charge is 0.178 e. The monoisotopic (exact) mass is 268 g/mol. The van der Waals surface area contributed by atoms with Crippen LogP contribution in [0.4, 0.5) is 0 Å². The van der Waals surface area contributed by atoms with E-state index in [0.29, 0.717) is 4.90 Å². The van der Waals surface area contributed by atoms with E-state index in [-0.39, 0.29) is 11.2 Å². The van der Waals surface area contributed by atoms with E-state index < -0.39 is 9.84 Å². The van der Waals surface area contributed by atoms with Crippen LogP contribution >= 0.6 is 0 Å². The molecule has 1 aromatic rings. The van der Waals surface area contributed by atoms with Crippen molar-refractivity contribution in [3.05, 3.63) is 29.8 Å². The van der Waals surface area contributed by atoms with Crippen LogP contribution in [0.2, 0.25) is 0 Å². The molecule has 0 saturated carbocycles. The van der Waals surface area contributed by atoms with Crippen LogP contribution in [0.15, 0.2) is 29.2 Å². The zero-order chi connectivity index (χ0) is 13.8. The third-order valence-electron chi connectivity index (χ3n) is 2.78. The molecule has 0 fully saturated rings. The van der Waals surface area contributed by atoms with E-state index in [1.807, 2.05) is 19.1 Å². The summed E-state index contributed by atoms with van der Waals surface area (Å²) < 4.78 is 24.0. The van der Waals surface area contributed by atoms with Gasteiger partial charge in [0, 0.05) is 0 Å². The van der Waals surface area contributed by atoms with Crippen molar-refractivity contribution >= 4 is 9.84 Å². The molecule has 0 atom stereocenters. The van der Waals surface area contributed by atoms with Gasteiger partial charge in [0.25, 0.3) is 0 Å². The van der Waals surface area contributed by atoms with Gasteiger partial charge >= 0.3 is 0 Å². The molecule has 3 heteroatoms. The molecule has 0 saturated heterocycles. The molecule has 18 heavy (non-hydrogen) atoms. The fourth-order valence-electron chi connectivity index (χ4n) is 1.88. The molecule has 0 aliphatic carbocycles. The van der Waals surface area contributed by atoms with Gasteiger partial charge in [0.1, 0.15) is 0 Å². The van der Waals surface area contributed by atoms with Crippen LogP contribution < -0.4 is 0 Å². The molecule has 0 aliphatic heterocycles. The number of benzene rings is 1. The third kappa shape index (κ3) is 4.81. The molecule has 0 spiro atoms. The minimum absolute atomic E-state index is 0.225. The fraction of sp³-hybridized carbons (Fsp3) is 0.600. The summed E-state index contributed by atoms with van der Waals surface area (Å²) >= 11 is 0. The Morgan fingerprint density at radius 2 is 1.61 bits per heavy atom. The third-order valence-corrected chi connectivity index (χ3v) is 4.60. The molecule has 0 aromatic heterocycles. The van der Waals surface area contributed by atoms with Crippen molar-refractivity contribution in [2.45, 2.75) is 51.9 Å². The molecule has 1 aromatic carbocycles. The Morgan fingerprint density at radius 1 is 1.06 bits per heavy atom. The lowest BCUT2D eigenvalue weighted by molar-refractivity contribution is 0.411. The first-order valence-electron chi connectivity index (χ1n) is 6.56. The Morgan fingerprint density at radius 3 is 2.06 bits per heavy atom. The quantitative estimate of drug-likeness (QED) is 0.813. The summed E-state index contributed by atoms with van der Waals surface area (Å²) in [5, 5.41) is 0. The normalized spacial score (nSPS) is 12.7. The van der Waals surface area contributed by atoms with Crippen molar-refractivity contribution in [2.24, 2.45) is 5.41 Å². The standard InChI is InChI=1S/C15H24O2S/c1-5-6-11-18(16,17)14-9-7-13(8-10-14)12-15(2,3)4/h7-10H,5-6,11-12H2,1-4H3. The van der Waals surface area contributed by atoms with E-state index in [9.17, 15) is 8.42 Å². The van der Waals surface area contributed by atoms with Crippen molar-refractivity contribution in [2.75, 3.05) is 5.75 Å². The van der Waals surface area contributed by atoms with Crippen LogP contribution in [-0.4, -0.2) is 14.2 Å². The molecule has 102 valence electrons. The second kappa shape index (κ2) is 5.87. The Labute approximate surface area is 111 Å². The Hall–Kier alpha value is -0.830. The van der Waals surface area contributed by atoms with Crippen LogP contribution in [0.25, 0.3) is 0 Å². The topological polar surface area (TPSA) is 34.1 Å². The number of rotatable bonds is 5. The Balaban J connectivity index is 2.83. The maximum atomic E-state index is 12.0. The lowest BCUT2D eigenvalue weighted by Gasteiger charge is -2.18. The zero-order valence-corrected chi connectivity index (χ0v) is 12.7. The number of sulfone groups is 1. The first kappa shape index (κ1) is 15.2. The van der Waals surface area contributed by atoms with Crippen molar-refractivity contribution in [1.29, 1.82) is 0 Å². The average Bonchev–Trinajstić information content (AvgIpc) is 2.25. The van der Waals surface area contributed by atoms with Gasteiger partial charge in [-0.1, -0.05) is 46.2 Å². The highest BCUT2D eigenvalue weighted by atomic mass is 32.2. The maximum absolute atomic E-state index is 12.0. The van der Waals surface area contributed by atoms with Crippen molar-refractivity contribution in [3.63, 3.8) is 0 Å². The van der Waals surface area contributed by atoms with Gasteiger partial charge in [-0.3, -0.25) is 0 Å². The molecule has 0 radical (unpaired) electrons. The first-order chi connectivity index (χ1) is 8.24. The summed E-state index contributed by atoms with van der Waals surface area (Å²) in [4.78, 5) is 0.452. The summed E-state index contributed by atoms with van der Waals surface area (Å²) in [5.74, 6) is 0.252. The minimum atomic E-state index is -3.08. The highest BCUT2D eigenvalue weighted by molar-refractivity contribution is 7.91. The summed E-state index contributed by atoms with van der Waals surface area (Å²) in [6.45, 7) is 8.54. The number of hydrogen-bond acceptors (Lipinski definition) is 2. The molecule has 0 N–H and O–H groups in total. The minimum Gasteiger partial charge on any atom is -0.224 e. The van der Waals surface area contributed by atoms with E-state index in [0.717, 1.165) is 19.3 Å². The summed E-state index contributed by atoms with van der Waals surface area (Å²) in [5.41, 5.74) is 1.42. The van der Waals surface area contributed by atoms with E-state index in [1.165, 1.54) is 5.56 Å². The van der Waals surface area contributed by atoms with Gasteiger partial charge < -0.3 is 0 Å². The van der Waals surface area contributed by atoms with E-state index in [2.05, 4.69) is 20.8 Å². The predicted octanol–water partition coefficient (Wildman–Crippen LogP) is 3.85. The van der Waals surface area contributed by atoms with Gasteiger partial charge in [0.2, 0.25) is 0 Å². The average molecular weight is 268 g/mol. The largest absolute Gasteiger partial charge is 0.224 e. The second-order valence-corrected chi connectivity index (χ2v) is 8.16. The Kier molecular flexibility index (Phi) is 4.97. The van der Waals surface area contributed by atoms with Crippen LogP contribution in [-0.2, 0) is 16.3 Å². The van der Waals surface area contributed by atoms with Gasteiger partial charge in [-0.05, 0) is 36.0 Å². The van der Waals surface area contributed by atoms with Crippen LogP contribution in [0.1, 0.15) is 46.1 Å². The van der Waals surface area contributed by atoms with Gasteiger partial charge in [0.05, 0.1) is 10.6 Å². The van der Waals surface area contributed by atoms with Crippen LogP contribution in [0.5, 0.6) is 0 Å². The molecule has 0 bridgehead atoms. The summed E-state index contributed by atoms with van der Waals surface area (Å²) in [7, 11) is -3.08. The van der Waals surface area contributed by atoms with Crippen LogP contribution in [0, 0.1) is 5.41 Å². The second-order valence-electron chi connectivity index (χ2n) is 6.05. The Bertz CT molecular complexity index is 464. The first-order valence-corrected chi connectivity index (χ1v) is 8.21. The van der Waals surface area contributed by atoms with E-state index in [4.69, 9.17) is 0 Å². The van der Waals surface area contributed by atoms with Gasteiger partial charge in [0.15, 0.2) is 9.84 Å². The van der Waals surface area contributed by atoms with E-state index in [1.54, 1.807) is 12.1 Å². The lowest BCUT2D eigenvalue weighted by Crippen LogP contribution is -2.10. The molecule has 0 amide bonds. The molecule has 0 heterocycles. The van der Waals surface area contributed by atoms with Crippen molar-refractivity contribution < 1.29 is 8.42 Å². The lowest BCUT2D eigenvalue weighted by atomic mass is 9.88. The molecule has 1 rings (SSSR count). The van der Waals surface area contributed by atoms with Crippen molar-refractivity contribution in [1.82, 2.24) is 0 Å².